The van der Waals surface area contributed by atoms with Crippen molar-refractivity contribution in [3.05, 3.63) is 206 Å². The van der Waals surface area contributed by atoms with Crippen LogP contribution in [0.1, 0.15) is 8.22 Å². The van der Waals surface area contributed by atoms with Crippen LogP contribution in [0.3, 0.4) is 0 Å². The Morgan fingerprint density at radius 3 is 1.58 bits per heavy atom. The third kappa shape index (κ3) is 5.09. The van der Waals surface area contributed by atoms with Gasteiger partial charge in [0, 0.05) is 21.7 Å². The molecule has 0 aliphatic rings. The van der Waals surface area contributed by atoms with E-state index < -0.39 is 12.1 Å². The second-order valence-corrected chi connectivity index (χ2v) is 13.9. The van der Waals surface area contributed by atoms with Crippen LogP contribution in [0.15, 0.2) is 211 Å². The lowest BCUT2D eigenvalue weighted by Gasteiger charge is -2.20. The minimum atomic E-state index is -0.439. The highest BCUT2D eigenvalue weighted by molar-refractivity contribution is 6.23. The minimum absolute atomic E-state index is 0.0144. The molecule has 1 aromatic heterocycles. The zero-order chi connectivity index (χ0) is 41.5. The molecule has 1 heteroatoms. The van der Waals surface area contributed by atoms with E-state index in [0.29, 0.717) is 16.4 Å². The van der Waals surface area contributed by atoms with Gasteiger partial charge in [-0.1, -0.05) is 194 Å². The topological polar surface area (TPSA) is 13.1 Å². The average Bonchev–Trinajstić information content (AvgIpc) is 3.71. The highest BCUT2D eigenvalue weighted by Crippen LogP contribution is 2.47. The molecular formula is C54H34O. The van der Waals surface area contributed by atoms with Crippen molar-refractivity contribution in [1.82, 2.24) is 0 Å². The Morgan fingerprint density at radius 1 is 0.309 bits per heavy atom. The van der Waals surface area contributed by atoms with E-state index in [0.717, 1.165) is 60.5 Å². The van der Waals surface area contributed by atoms with Gasteiger partial charge in [0.15, 0.2) is 0 Å². The van der Waals surface area contributed by atoms with Crippen molar-refractivity contribution in [2.45, 2.75) is 0 Å². The summed E-state index contributed by atoms with van der Waals surface area (Å²) in [5, 5.41) is 5.66. The molecule has 0 spiro atoms. The van der Waals surface area contributed by atoms with Gasteiger partial charge in [-0.15, -0.1) is 0 Å². The standard InChI is InChI=1S/C54H34O/c1-3-14-35(15-4-1)40-31-32-47(50(34-40)36-16-5-2-6-17-36)52-45-22-11-9-20-43(45)51(44-21-10-12-23-46(44)52)39-28-26-38(27-29-39)42-24-13-25-48-49-33-30-37-18-7-8-19-41(37)54(49)55-53(42)48/h1-34H/i7D,8D,18D,19D,30D,33D. The number of fused-ring (bicyclic) bond motifs is 7. The maximum absolute atomic E-state index is 8.96. The SMILES string of the molecule is [2H]c1c([2H])c([2H])c2c(c1[2H])c([2H])c([2H])c1c3cccc(-c4ccc(-c5c6ccccc6c(-c6ccc(-c7ccccc7)cc6-c6ccccc6)c6ccccc56)cc4)c3oc21. The van der Waals surface area contributed by atoms with E-state index in [4.69, 9.17) is 12.6 Å². The summed E-state index contributed by atoms with van der Waals surface area (Å²) in [4.78, 5) is 0. The molecular weight excluding hydrogens is 665 g/mol. The number of hydrogen-bond donors (Lipinski definition) is 0. The van der Waals surface area contributed by atoms with Crippen molar-refractivity contribution in [2.24, 2.45) is 0 Å². The van der Waals surface area contributed by atoms with Crippen LogP contribution in [0.2, 0.25) is 0 Å². The Hall–Kier alpha value is -7.22. The van der Waals surface area contributed by atoms with E-state index in [1.54, 1.807) is 0 Å². The summed E-state index contributed by atoms with van der Waals surface area (Å²) >= 11 is 0. The summed E-state index contributed by atoms with van der Waals surface area (Å²) in [6, 6.07) is 57.5. The van der Waals surface area contributed by atoms with Gasteiger partial charge in [0.1, 0.15) is 11.2 Å². The number of furan rings is 1. The normalized spacial score (nSPS) is 13.2. The van der Waals surface area contributed by atoms with E-state index in [1.807, 2.05) is 24.3 Å². The van der Waals surface area contributed by atoms with Crippen LogP contribution in [0.25, 0.3) is 110 Å². The zero-order valence-corrected chi connectivity index (χ0v) is 29.6. The predicted molar refractivity (Wildman–Crippen MR) is 233 cm³/mol. The molecule has 10 aromatic carbocycles. The van der Waals surface area contributed by atoms with Gasteiger partial charge < -0.3 is 4.42 Å². The highest BCUT2D eigenvalue weighted by atomic mass is 16.3. The lowest BCUT2D eigenvalue weighted by Crippen LogP contribution is -1.93. The van der Waals surface area contributed by atoms with Crippen LogP contribution in [0.5, 0.6) is 0 Å². The maximum atomic E-state index is 8.96. The molecule has 0 saturated heterocycles. The third-order valence-electron chi connectivity index (χ3n) is 10.8. The fourth-order valence-corrected chi connectivity index (χ4v) is 8.32. The largest absolute Gasteiger partial charge is 0.455 e. The van der Waals surface area contributed by atoms with Gasteiger partial charge in [0.2, 0.25) is 0 Å². The number of hydrogen-bond acceptors (Lipinski definition) is 1. The van der Waals surface area contributed by atoms with Gasteiger partial charge >= 0.3 is 0 Å². The second-order valence-electron chi connectivity index (χ2n) is 13.9. The maximum Gasteiger partial charge on any atom is 0.143 e. The summed E-state index contributed by atoms with van der Waals surface area (Å²) < 4.78 is 58.2. The van der Waals surface area contributed by atoms with Gasteiger partial charge in [-0.25, -0.2) is 0 Å². The van der Waals surface area contributed by atoms with Crippen LogP contribution in [-0.2, 0) is 0 Å². The van der Waals surface area contributed by atoms with Crippen LogP contribution in [-0.4, -0.2) is 0 Å². The Morgan fingerprint density at radius 2 is 0.873 bits per heavy atom. The summed E-state index contributed by atoms with van der Waals surface area (Å²) in [7, 11) is 0. The van der Waals surface area contributed by atoms with E-state index in [2.05, 4.69) is 146 Å². The molecule has 0 bridgehead atoms. The molecule has 1 nitrogen and oxygen atoms in total. The third-order valence-corrected chi connectivity index (χ3v) is 10.8. The molecule has 0 fully saturated rings. The lowest BCUT2D eigenvalue weighted by atomic mass is 9.83. The Bertz CT molecular complexity index is 3520. The first kappa shape index (κ1) is 25.7. The molecule has 0 unspecified atom stereocenters. The molecule has 11 rings (SSSR count). The van der Waals surface area contributed by atoms with Crippen molar-refractivity contribution >= 4 is 54.3 Å². The monoisotopic (exact) mass is 704 g/mol. The quantitative estimate of drug-likeness (QED) is 0.163. The van der Waals surface area contributed by atoms with Crippen molar-refractivity contribution in [1.29, 1.82) is 0 Å². The van der Waals surface area contributed by atoms with Crippen molar-refractivity contribution < 1.29 is 12.6 Å². The zero-order valence-electron chi connectivity index (χ0n) is 35.6. The Kier molecular flexibility index (Phi) is 5.95. The molecule has 256 valence electrons. The first-order valence-corrected chi connectivity index (χ1v) is 18.4. The molecule has 0 radical (unpaired) electrons. The Labute approximate surface area is 327 Å². The molecule has 1 heterocycles. The fraction of sp³-hybridized carbons (Fsp3) is 0. The number of para-hydroxylation sites is 1. The number of benzene rings is 10. The molecule has 55 heavy (non-hydrogen) atoms. The van der Waals surface area contributed by atoms with Crippen LogP contribution >= 0.6 is 0 Å². The van der Waals surface area contributed by atoms with Gasteiger partial charge in [0.25, 0.3) is 0 Å². The van der Waals surface area contributed by atoms with E-state index in [9.17, 15) is 0 Å². The summed E-state index contributed by atoms with van der Waals surface area (Å²) in [6.45, 7) is 0. The van der Waals surface area contributed by atoms with Crippen LogP contribution in [0, 0.1) is 0 Å². The predicted octanol–water partition coefficient (Wildman–Crippen LogP) is 15.4. The smallest absolute Gasteiger partial charge is 0.143 e. The Balaban J connectivity index is 1.10. The summed E-state index contributed by atoms with van der Waals surface area (Å²) in [5.74, 6) is 0. The highest BCUT2D eigenvalue weighted by Gasteiger charge is 2.20. The number of rotatable bonds is 5. The van der Waals surface area contributed by atoms with Crippen LogP contribution in [0.4, 0.5) is 0 Å². The van der Waals surface area contributed by atoms with E-state index in [-0.39, 0.29) is 40.5 Å². The van der Waals surface area contributed by atoms with E-state index in [1.165, 1.54) is 16.7 Å². The molecule has 0 atom stereocenters. The second kappa shape index (κ2) is 12.7. The minimum Gasteiger partial charge on any atom is -0.455 e. The molecule has 0 amide bonds. The first-order valence-electron chi connectivity index (χ1n) is 21.4. The van der Waals surface area contributed by atoms with Crippen molar-refractivity contribution in [2.75, 3.05) is 0 Å². The van der Waals surface area contributed by atoms with Crippen molar-refractivity contribution in [3.63, 3.8) is 0 Å². The lowest BCUT2D eigenvalue weighted by molar-refractivity contribution is 0.674. The van der Waals surface area contributed by atoms with Gasteiger partial charge in [-0.05, 0) is 89.1 Å². The summed E-state index contributed by atoms with van der Waals surface area (Å²) in [6.07, 6.45) is 0. The van der Waals surface area contributed by atoms with Gasteiger partial charge in [-0.2, -0.15) is 0 Å². The molecule has 0 aliphatic heterocycles. The average molecular weight is 705 g/mol. The molecule has 11 aromatic rings. The summed E-state index contributed by atoms with van der Waals surface area (Å²) in [5.41, 5.74) is 11.5. The van der Waals surface area contributed by atoms with E-state index >= 15 is 0 Å². The molecule has 0 N–H and O–H groups in total. The molecule has 0 saturated carbocycles. The van der Waals surface area contributed by atoms with Gasteiger partial charge in [-0.3, -0.25) is 0 Å². The molecule has 0 aliphatic carbocycles. The fourth-order valence-electron chi connectivity index (χ4n) is 8.32. The van der Waals surface area contributed by atoms with Crippen molar-refractivity contribution in [3.8, 4) is 55.6 Å². The first-order chi connectivity index (χ1) is 29.8. The van der Waals surface area contributed by atoms with Crippen LogP contribution < -0.4 is 0 Å². The van der Waals surface area contributed by atoms with Gasteiger partial charge in [0.05, 0.1) is 8.22 Å².